The fraction of sp³-hybridized carbons (Fsp3) is 0.190. The lowest BCUT2D eigenvalue weighted by Crippen LogP contribution is -2.47. The van der Waals surface area contributed by atoms with Crippen LogP contribution in [0.3, 0.4) is 0 Å². The van der Waals surface area contributed by atoms with E-state index < -0.39 is 6.10 Å². The van der Waals surface area contributed by atoms with Gasteiger partial charge < -0.3 is 10.1 Å². The Labute approximate surface area is 171 Å². The first-order valence-corrected chi connectivity index (χ1v) is 9.84. The molecule has 1 aliphatic rings. The number of halogens is 1. The van der Waals surface area contributed by atoms with Gasteiger partial charge in [0, 0.05) is 10.4 Å². The molecule has 0 aliphatic carbocycles. The van der Waals surface area contributed by atoms with Gasteiger partial charge in [-0.3, -0.25) is 14.5 Å². The number of para-hydroxylation sites is 2. The number of rotatable bonds is 4. The monoisotopic (exact) mass is 411 g/mol. The number of benzene rings is 2. The Bertz CT molecular complexity index is 1080. The number of hydrogen-bond acceptors (Lipinski definition) is 5. The highest BCUT2D eigenvalue weighted by molar-refractivity contribution is 7.16. The van der Waals surface area contributed by atoms with E-state index in [4.69, 9.17) is 4.74 Å². The molecule has 148 valence electrons. The van der Waals surface area contributed by atoms with E-state index in [2.05, 4.69) is 10.3 Å². The Balaban J connectivity index is 1.51. The van der Waals surface area contributed by atoms with Crippen LogP contribution in [0.2, 0.25) is 0 Å². The van der Waals surface area contributed by atoms with E-state index in [0.29, 0.717) is 22.3 Å². The molecular formula is C21H18FN3O3S. The van der Waals surface area contributed by atoms with Crippen molar-refractivity contribution in [1.82, 2.24) is 4.98 Å². The van der Waals surface area contributed by atoms with E-state index in [-0.39, 0.29) is 24.2 Å². The van der Waals surface area contributed by atoms with Gasteiger partial charge in [0.1, 0.15) is 18.1 Å². The summed E-state index contributed by atoms with van der Waals surface area (Å²) >= 11 is 1.33. The van der Waals surface area contributed by atoms with Crippen molar-refractivity contribution >= 4 is 34.0 Å². The minimum atomic E-state index is -0.662. The molecule has 2 heterocycles. The van der Waals surface area contributed by atoms with Crippen LogP contribution in [0.15, 0.2) is 48.5 Å². The zero-order chi connectivity index (χ0) is 20.5. The highest BCUT2D eigenvalue weighted by Gasteiger charge is 2.32. The summed E-state index contributed by atoms with van der Waals surface area (Å²) in [5.41, 5.74) is 2.02. The van der Waals surface area contributed by atoms with Gasteiger partial charge in [0.05, 0.1) is 11.4 Å². The summed E-state index contributed by atoms with van der Waals surface area (Å²) in [6.45, 7) is 3.39. The second-order valence-electron chi connectivity index (χ2n) is 6.63. The maximum atomic E-state index is 13.2. The van der Waals surface area contributed by atoms with Crippen molar-refractivity contribution in [3.05, 3.63) is 59.2 Å². The standard InChI is InChI=1S/C21H18FN3O3S/c1-12-20(27)25(16-5-3-4-6-17(16)28-12)11-18(26)23-21-24-19(13(2)29-21)14-7-9-15(22)10-8-14/h3-10,12H,11H2,1-2H3,(H,23,24,26). The zero-order valence-electron chi connectivity index (χ0n) is 15.8. The Kier molecular flexibility index (Phi) is 5.02. The molecule has 0 fully saturated rings. The van der Waals surface area contributed by atoms with Gasteiger partial charge in [0.15, 0.2) is 11.2 Å². The van der Waals surface area contributed by atoms with Crippen molar-refractivity contribution in [3.63, 3.8) is 0 Å². The molecule has 1 N–H and O–H groups in total. The molecule has 1 atom stereocenters. The number of nitrogens with one attached hydrogen (secondary N) is 1. The van der Waals surface area contributed by atoms with Gasteiger partial charge in [-0.05, 0) is 50.2 Å². The summed E-state index contributed by atoms with van der Waals surface area (Å²) < 4.78 is 18.7. The van der Waals surface area contributed by atoms with Crippen molar-refractivity contribution < 1.29 is 18.7 Å². The summed E-state index contributed by atoms with van der Waals surface area (Å²) in [5.74, 6) is -0.390. The Morgan fingerprint density at radius 2 is 1.97 bits per heavy atom. The van der Waals surface area contributed by atoms with E-state index in [1.807, 2.05) is 13.0 Å². The van der Waals surface area contributed by atoms with Crippen molar-refractivity contribution in [2.75, 3.05) is 16.8 Å². The minimum Gasteiger partial charge on any atom is -0.479 e. The van der Waals surface area contributed by atoms with Gasteiger partial charge in [0.2, 0.25) is 5.91 Å². The van der Waals surface area contributed by atoms with Crippen LogP contribution in [-0.2, 0) is 9.59 Å². The van der Waals surface area contributed by atoms with E-state index >= 15 is 0 Å². The maximum Gasteiger partial charge on any atom is 0.268 e. The van der Waals surface area contributed by atoms with Gasteiger partial charge in [-0.1, -0.05) is 12.1 Å². The Morgan fingerprint density at radius 1 is 1.24 bits per heavy atom. The average molecular weight is 411 g/mol. The van der Waals surface area contributed by atoms with Crippen molar-refractivity contribution in [1.29, 1.82) is 0 Å². The molecule has 0 saturated heterocycles. The van der Waals surface area contributed by atoms with Gasteiger partial charge in [-0.2, -0.15) is 0 Å². The maximum absolute atomic E-state index is 13.2. The fourth-order valence-corrected chi connectivity index (χ4v) is 4.00. The number of ether oxygens (including phenoxy) is 1. The molecule has 0 radical (unpaired) electrons. The molecule has 0 bridgehead atoms. The lowest BCUT2D eigenvalue weighted by atomic mass is 10.1. The largest absolute Gasteiger partial charge is 0.479 e. The average Bonchev–Trinajstić information content (AvgIpc) is 3.06. The number of fused-ring (bicyclic) bond motifs is 1. The molecule has 2 aromatic carbocycles. The quantitative estimate of drug-likeness (QED) is 0.704. The highest BCUT2D eigenvalue weighted by atomic mass is 32.1. The van der Waals surface area contributed by atoms with Crippen LogP contribution in [0.25, 0.3) is 11.3 Å². The van der Waals surface area contributed by atoms with E-state index in [9.17, 15) is 14.0 Å². The SMILES string of the molecule is Cc1sc(NC(=O)CN2C(=O)C(C)Oc3ccccc32)nc1-c1ccc(F)cc1. The van der Waals surface area contributed by atoms with Crippen molar-refractivity contribution in [3.8, 4) is 17.0 Å². The number of carbonyl (C=O) groups is 2. The van der Waals surface area contributed by atoms with Gasteiger partial charge in [-0.15, -0.1) is 11.3 Å². The summed E-state index contributed by atoms with van der Waals surface area (Å²) in [5, 5.41) is 3.18. The zero-order valence-corrected chi connectivity index (χ0v) is 16.6. The number of aryl methyl sites for hydroxylation is 1. The van der Waals surface area contributed by atoms with E-state index in [0.717, 1.165) is 10.4 Å². The molecule has 0 spiro atoms. The highest BCUT2D eigenvalue weighted by Crippen LogP contribution is 2.34. The second kappa shape index (κ2) is 7.63. The lowest BCUT2D eigenvalue weighted by molar-refractivity contribution is -0.127. The molecule has 29 heavy (non-hydrogen) atoms. The smallest absolute Gasteiger partial charge is 0.268 e. The molecule has 4 rings (SSSR count). The van der Waals surface area contributed by atoms with Crippen LogP contribution in [0, 0.1) is 12.7 Å². The molecule has 0 saturated carbocycles. The lowest BCUT2D eigenvalue weighted by Gasteiger charge is -2.32. The molecule has 6 nitrogen and oxygen atoms in total. The number of carbonyl (C=O) groups excluding carboxylic acids is 2. The topological polar surface area (TPSA) is 71.5 Å². The summed E-state index contributed by atoms with van der Waals surface area (Å²) in [4.78, 5) is 31.9. The molecule has 1 aromatic heterocycles. The summed E-state index contributed by atoms with van der Waals surface area (Å²) in [6.07, 6.45) is -0.662. The number of amides is 2. The molecule has 1 aliphatic heterocycles. The predicted octanol–water partition coefficient (Wildman–Crippen LogP) is 4.01. The summed E-state index contributed by atoms with van der Waals surface area (Å²) in [6, 6.07) is 13.1. The van der Waals surface area contributed by atoms with Crippen LogP contribution in [0.5, 0.6) is 5.75 Å². The number of hydrogen-bond donors (Lipinski definition) is 1. The van der Waals surface area contributed by atoms with E-state index in [1.54, 1.807) is 37.3 Å². The van der Waals surface area contributed by atoms with Crippen LogP contribution < -0.4 is 15.0 Å². The molecule has 8 heteroatoms. The molecular weight excluding hydrogens is 393 g/mol. The number of nitrogens with zero attached hydrogens (tertiary/aromatic N) is 2. The first-order chi connectivity index (χ1) is 13.9. The third-order valence-electron chi connectivity index (χ3n) is 4.54. The Hall–Kier alpha value is -3.26. The second-order valence-corrected chi connectivity index (χ2v) is 7.83. The first kappa shape index (κ1) is 19.1. The molecule has 2 amide bonds. The molecule has 3 aromatic rings. The summed E-state index contributed by atoms with van der Waals surface area (Å²) in [7, 11) is 0. The normalized spacial score (nSPS) is 15.6. The predicted molar refractivity (Wildman–Crippen MR) is 110 cm³/mol. The van der Waals surface area contributed by atoms with Gasteiger partial charge in [-0.25, -0.2) is 9.37 Å². The number of aromatic nitrogens is 1. The van der Waals surface area contributed by atoms with Crippen molar-refractivity contribution in [2.24, 2.45) is 0 Å². The number of anilines is 2. The van der Waals surface area contributed by atoms with E-state index in [1.165, 1.54) is 28.4 Å². The van der Waals surface area contributed by atoms with Gasteiger partial charge >= 0.3 is 0 Å². The van der Waals surface area contributed by atoms with Crippen LogP contribution in [0.4, 0.5) is 15.2 Å². The fourth-order valence-electron chi connectivity index (χ4n) is 3.15. The van der Waals surface area contributed by atoms with Crippen molar-refractivity contribution in [2.45, 2.75) is 20.0 Å². The van der Waals surface area contributed by atoms with Crippen LogP contribution in [0.1, 0.15) is 11.8 Å². The van der Waals surface area contributed by atoms with Crippen LogP contribution >= 0.6 is 11.3 Å². The molecule has 1 unspecified atom stereocenters. The minimum absolute atomic E-state index is 0.145. The van der Waals surface area contributed by atoms with Gasteiger partial charge in [0.25, 0.3) is 5.91 Å². The first-order valence-electron chi connectivity index (χ1n) is 9.02. The Morgan fingerprint density at radius 3 is 2.72 bits per heavy atom. The van der Waals surface area contributed by atoms with Crippen LogP contribution in [-0.4, -0.2) is 29.4 Å². The third-order valence-corrected chi connectivity index (χ3v) is 5.42. The number of thiazole rings is 1. The third kappa shape index (κ3) is 3.84.